The summed E-state index contributed by atoms with van der Waals surface area (Å²) < 4.78 is 0. The molecule has 0 amide bonds. The van der Waals surface area contributed by atoms with Crippen molar-refractivity contribution >= 4 is 29.0 Å². The van der Waals surface area contributed by atoms with Crippen molar-refractivity contribution in [1.82, 2.24) is 0 Å². The number of nitrogens with two attached hydrogens (primary N) is 1. The molecule has 0 aliphatic heterocycles. The van der Waals surface area contributed by atoms with Crippen LogP contribution < -0.4 is 5.73 Å². The zero-order chi connectivity index (χ0) is 9.72. The normalized spacial score (nSPS) is 16.0. The van der Waals surface area contributed by atoms with Gasteiger partial charge >= 0.3 is 0 Å². The molecular weight excluding hydrogens is 197 g/mol. The number of allylic oxidation sites excluding steroid dienone is 3. The Morgan fingerprint density at radius 1 is 1.58 bits per heavy atom. The predicted molar refractivity (Wildman–Crippen MR) is 52.2 cm³/mol. The van der Waals surface area contributed by atoms with Crippen molar-refractivity contribution in [3.05, 3.63) is 22.9 Å². The maximum Gasteiger partial charge on any atom is 0.159 e. The molecule has 12 heavy (non-hydrogen) atoms. The van der Waals surface area contributed by atoms with Gasteiger partial charge in [0.1, 0.15) is 0 Å². The molecule has 0 spiro atoms. The smallest absolute Gasteiger partial charge is 0.159 e. The molecule has 0 aromatic heterocycles. The first-order valence-corrected chi connectivity index (χ1v) is 4.24. The van der Waals surface area contributed by atoms with Crippen LogP contribution in [0.4, 0.5) is 0 Å². The molecule has 0 rings (SSSR count). The van der Waals surface area contributed by atoms with E-state index in [0.717, 1.165) is 0 Å². The monoisotopic (exact) mass is 207 g/mol. The van der Waals surface area contributed by atoms with Gasteiger partial charge in [-0.2, -0.15) is 0 Å². The summed E-state index contributed by atoms with van der Waals surface area (Å²) in [6.07, 6.45) is 2.99. The Kier molecular flexibility index (Phi) is 5.02. The average molecular weight is 208 g/mol. The number of hydrogen-bond donors (Lipinski definition) is 1. The van der Waals surface area contributed by atoms with Gasteiger partial charge in [-0.3, -0.25) is 4.79 Å². The maximum atomic E-state index is 10.9. The Labute approximate surface area is 82.0 Å². The molecular formula is C8H11Cl2NO. The van der Waals surface area contributed by atoms with Crippen LogP contribution in [0.1, 0.15) is 13.8 Å². The molecule has 1 unspecified atom stereocenters. The van der Waals surface area contributed by atoms with Crippen LogP contribution in [0, 0.1) is 0 Å². The minimum Gasteiger partial charge on any atom is -0.389 e. The molecule has 2 nitrogen and oxygen atoms in total. The van der Waals surface area contributed by atoms with E-state index in [0.29, 0.717) is 5.57 Å². The summed E-state index contributed by atoms with van der Waals surface area (Å²) in [7, 11) is 0. The fourth-order valence-electron chi connectivity index (χ4n) is 0.663. The third-order valence-corrected chi connectivity index (χ3v) is 1.34. The van der Waals surface area contributed by atoms with E-state index >= 15 is 0 Å². The summed E-state index contributed by atoms with van der Waals surface area (Å²) in [6.45, 7) is 3.18. The minimum atomic E-state index is -0.212. The number of halogens is 2. The van der Waals surface area contributed by atoms with Crippen molar-refractivity contribution < 1.29 is 4.79 Å². The van der Waals surface area contributed by atoms with Gasteiger partial charge in [-0.05, 0) is 19.9 Å². The van der Waals surface area contributed by atoms with Gasteiger partial charge in [0.2, 0.25) is 0 Å². The van der Waals surface area contributed by atoms with E-state index in [4.69, 9.17) is 28.9 Å². The van der Waals surface area contributed by atoms with Crippen molar-refractivity contribution in [3.8, 4) is 0 Å². The van der Waals surface area contributed by atoms with Crippen LogP contribution in [0.5, 0.6) is 0 Å². The highest BCUT2D eigenvalue weighted by Gasteiger charge is 2.02. The van der Waals surface area contributed by atoms with Crippen LogP contribution in [0.15, 0.2) is 22.9 Å². The number of rotatable bonds is 3. The lowest BCUT2D eigenvalue weighted by molar-refractivity contribution is -0.113. The number of carbonyl (C=O) groups is 1. The summed E-state index contributed by atoms with van der Waals surface area (Å²) in [5.41, 5.74) is 5.63. The fourth-order valence-corrected chi connectivity index (χ4v) is 0.916. The standard InChI is InChI=1S/C8H11Cl2NO/c1-5(9)3-7(6(2)12)4-8(10)11/h3-5H,11H2,1-2H3/b7-3+,8-4-. The van der Waals surface area contributed by atoms with E-state index in [1.165, 1.54) is 13.0 Å². The molecule has 1 atom stereocenters. The first-order chi connectivity index (χ1) is 5.43. The third kappa shape index (κ3) is 5.22. The second-order valence-corrected chi connectivity index (χ2v) is 3.51. The van der Waals surface area contributed by atoms with Crippen molar-refractivity contribution in [2.24, 2.45) is 5.73 Å². The Hall–Kier alpha value is -0.470. The van der Waals surface area contributed by atoms with E-state index < -0.39 is 0 Å². The Balaban J connectivity index is 4.68. The van der Waals surface area contributed by atoms with Crippen LogP contribution in [0.2, 0.25) is 0 Å². The summed E-state index contributed by atoms with van der Waals surface area (Å²) >= 11 is 11.1. The van der Waals surface area contributed by atoms with Crippen LogP contribution in [0.3, 0.4) is 0 Å². The lowest BCUT2D eigenvalue weighted by atomic mass is 10.1. The Morgan fingerprint density at radius 2 is 2.08 bits per heavy atom. The second kappa shape index (κ2) is 5.22. The number of alkyl halides is 1. The van der Waals surface area contributed by atoms with Gasteiger partial charge < -0.3 is 5.73 Å². The zero-order valence-corrected chi connectivity index (χ0v) is 8.49. The van der Waals surface area contributed by atoms with E-state index in [1.54, 1.807) is 13.0 Å². The van der Waals surface area contributed by atoms with E-state index in [2.05, 4.69) is 0 Å². The quantitative estimate of drug-likeness (QED) is 0.334. The first kappa shape index (κ1) is 11.5. The predicted octanol–water partition coefficient (Wildman–Crippen LogP) is 2.17. The summed E-state index contributed by atoms with van der Waals surface area (Å²) in [6, 6.07) is 0. The minimum absolute atomic E-state index is 0.0776. The molecule has 2 N–H and O–H groups in total. The number of carbonyl (C=O) groups excluding carboxylic acids is 1. The highest BCUT2D eigenvalue weighted by Crippen LogP contribution is 2.07. The summed E-state index contributed by atoms with van der Waals surface area (Å²) in [5, 5.41) is -0.134. The van der Waals surface area contributed by atoms with Crippen LogP contribution in [-0.4, -0.2) is 11.2 Å². The van der Waals surface area contributed by atoms with Gasteiger partial charge in [0, 0.05) is 11.0 Å². The fraction of sp³-hybridized carbons (Fsp3) is 0.375. The number of ketones is 1. The van der Waals surface area contributed by atoms with Crippen molar-refractivity contribution in [3.63, 3.8) is 0 Å². The van der Waals surface area contributed by atoms with Gasteiger partial charge in [-0.25, -0.2) is 0 Å². The lowest BCUT2D eigenvalue weighted by Gasteiger charge is -1.98. The molecule has 0 radical (unpaired) electrons. The van der Waals surface area contributed by atoms with E-state index in [1.807, 2.05) is 0 Å². The largest absolute Gasteiger partial charge is 0.389 e. The van der Waals surface area contributed by atoms with Gasteiger partial charge in [0.15, 0.2) is 5.78 Å². The molecule has 0 aliphatic carbocycles. The topological polar surface area (TPSA) is 43.1 Å². The Morgan fingerprint density at radius 3 is 2.33 bits per heavy atom. The highest BCUT2D eigenvalue weighted by atomic mass is 35.5. The van der Waals surface area contributed by atoms with Crippen molar-refractivity contribution in [1.29, 1.82) is 0 Å². The molecule has 0 saturated carbocycles. The average Bonchev–Trinajstić information content (AvgIpc) is 1.83. The second-order valence-electron chi connectivity index (χ2n) is 2.38. The summed E-state index contributed by atoms with van der Waals surface area (Å²) in [4.78, 5) is 10.9. The van der Waals surface area contributed by atoms with Gasteiger partial charge in [0.25, 0.3) is 0 Å². The van der Waals surface area contributed by atoms with Crippen LogP contribution >= 0.6 is 23.2 Å². The molecule has 0 fully saturated rings. The molecule has 0 heterocycles. The van der Waals surface area contributed by atoms with E-state index in [9.17, 15) is 4.79 Å². The third-order valence-electron chi connectivity index (χ3n) is 1.11. The van der Waals surface area contributed by atoms with Gasteiger partial charge in [0.05, 0.1) is 5.16 Å². The van der Waals surface area contributed by atoms with Crippen LogP contribution in [-0.2, 0) is 4.79 Å². The highest BCUT2D eigenvalue weighted by molar-refractivity contribution is 6.29. The molecule has 0 aliphatic rings. The Bertz CT molecular complexity index is 227. The maximum absolute atomic E-state index is 10.9. The number of Topliss-reactive ketones (excluding diaryl/α,β-unsaturated/α-hetero) is 1. The lowest BCUT2D eigenvalue weighted by Crippen LogP contribution is -1.99. The number of hydrogen-bond acceptors (Lipinski definition) is 2. The van der Waals surface area contributed by atoms with Crippen molar-refractivity contribution in [2.45, 2.75) is 19.2 Å². The van der Waals surface area contributed by atoms with Crippen LogP contribution in [0.25, 0.3) is 0 Å². The van der Waals surface area contributed by atoms with Crippen molar-refractivity contribution in [2.75, 3.05) is 0 Å². The van der Waals surface area contributed by atoms with Gasteiger partial charge in [-0.15, -0.1) is 11.6 Å². The molecule has 0 saturated heterocycles. The SMILES string of the molecule is CC(=O)C(/C=C(\N)Cl)=C/C(C)Cl. The zero-order valence-electron chi connectivity index (χ0n) is 6.97. The molecule has 4 heteroatoms. The van der Waals surface area contributed by atoms with Gasteiger partial charge in [-0.1, -0.05) is 17.7 Å². The molecule has 0 bridgehead atoms. The molecule has 68 valence electrons. The first-order valence-electron chi connectivity index (χ1n) is 3.43. The van der Waals surface area contributed by atoms with E-state index in [-0.39, 0.29) is 16.3 Å². The summed E-state index contributed by atoms with van der Waals surface area (Å²) in [5.74, 6) is -0.105. The molecule has 0 aromatic carbocycles. The molecule has 0 aromatic rings.